The second-order valence-corrected chi connectivity index (χ2v) is 9.78. The Morgan fingerprint density at radius 1 is 1.24 bits per heavy atom. The molecule has 2 aliphatic heterocycles. The van der Waals surface area contributed by atoms with Crippen molar-refractivity contribution in [2.45, 2.75) is 25.9 Å². The highest BCUT2D eigenvalue weighted by Gasteiger charge is 2.35. The highest BCUT2D eigenvalue weighted by molar-refractivity contribution is 8.26. The lowest BCUT2D eigenvalue weighted by atomic mass is 10.1. The van der Waals surface area contributed by atoms with Gasteiger partial charge < -0.3 is 9.47 Å². The van der Waals surface area contributed by atoms with E-state index >= 15 is 0 Å². The maximum Gasteiger partial charge on any atom is 0.266 e. The first-order chi connectivity index (χ1) is 16.6. The van der Waals surface area contributed by atoms with Crippen LogP contribution in [-0.4, -0.2) is 50.8 Å². The van der Waals surface area contributed by atoms with Gasteiger partial charge in [0.05, 0.1) is 29.8 Å². The number of nitrogens with zero attached hydrogens (tertiary/aromatic N) is 3. The summed E-state index contributed by atoms with van der Waals surface area (Å²) in [6.45, 7) is 3.80. The van der Waals surface area contributed by atoms with Crippen LogP contribution in [0.5, 0.6) is 5.75 Å². The molecule has 0 aliphatic carbocycles. The molecule has 2 fully saturated rings. The van der Waals surface area contributed by atoms with Crippen LogP contribution in [0, 0.1) is 0 Å². The zero-order valence-electron chi connectivity index (χ0n) is 18.8. The Morgan fingerprint density at radius 2 is 2.09 bits per heavy atom. The number of carbonyl (C=O) groups excluding carboxylic acids is 1. The molecule has 0 N–H and O–H groups in total. The number of thiocarbonyl (C=S) groups is 1. The van der Waals surface area contributed by atoms with E-state index in [-0.39, 0.29) is 12.0 Å². The van der Waals surface area contributed by atoms with E-state index in [0.29, 0.717) is 22.4 Å². The molecule has 0 saturated carbocycles. The number of para-hydroxylation sites is 1. The smallest absolute Gasteiger partial charge is 0.266 e. The molecule has 8 heteroatoms. The average Bonchev–Trinajstić information content (AvgIpc) is 3.58. The van der Waals surface area contributed by atoms with E-state index in [2.05, 4.69) is 0 Å². The number of benzene rings is 2. The molecule has 2 aromatic carbocycles. The van der Waals surface area contributed by atoms with Crippen LogP contribution in [-0.2, 0) is 9.53 Å². The maximum atomic E-state index is 13.2. The van der Waals surface area contributed by atoms with Gasteiger partial charge in [0.25, 0.3) is 5.91 Å². The van der Waals surface area contributed by atoms with Crippen molar-refractivity contribution in [2.24, 2.45) is 0 Å². The van der Waals surface area contributed by atoms with E-state index < -0.39 is 0 Å². The van der Waals surface area contributed by atoms with Crippen LogP contribution in [0.1, 0.15) is 25.3 Å². The van der Waals surface area contributed by atoms with Crippen molar-refractivity contribution in [3.05, 3.63) is 71.3 Å². The van der Waals surface area contributed by atoms with Crippen molar-refractivity contribution in [3.63, 3.8) is 0 Å². The lowest BCUT2D eigenvalue weighted by Crippen LogP contribution is -2.35. The number of hydrogen-bond donors (Lipinski definition) is 0. The van der Waals surface area contributed by atoms with E-state index in [0.717, 1.165) is 47.7 Å². The second kappa shape index (κ2) is 10.1. The fraction of sp³-hybridized carbons (Fsp3) is 0.269. The molecule has 0 unspecified atom stereocenters. The van der Waals surface area contributed by atoms with Crippen LogP contribution in [0.3, 0.4) is 0 Å². The summed E-state index contributed by atoms with van der Waals surface area (Å²) in [4.78, 5) is 15.5. The normalized spacial score (nSPS) is 19.4. The Morgan fingerprint density at radius 3 is 2.85 bits per heavy atom. The molecule has 0 bridgehead atoms. The minimum Gasteiger partial charge on any atom is -0.494 e. The number of amides is 1. The zero-order valence-corrected chi connectivity index (χ0v) is 20.5. The number of thioether (sulfide) groups is 1. The third kappa shape index (κ3) is 4.80. The standard InChI is InChI=1S/C26H25N3O3S2/c1-2-31-21-11-6-8-18(14-21)24-19(16-29(27-24)20-9-4-3-5-10-20)15-23-25(30)28(26(33)34-23)17-22-12-7-13-32-22/h3-6,8-11,14-16,22H,2,7,12-13,17H2,1H3/b23-15-/t22-/m1/s1. The van der Waals surface area contributed by atoms with Gasteiger partial charge in [-0.2, -0.15) is 5.10 Å². The van der Waals surface area contributed by atoms with Crippen molar-refractivity contribution in [1.29, 1.82) is 0 Å². The Labute approximate surface area is 208 Å². The first-order valence-electron chi connectivity index (χ1n) is 11.4. The molecule has 3 heterocycles. The molecular formula is C26H25N3O3S2. The molecule has 2 aliphatic rings. The summed E-state index contributed by atoms with van der Waals surface area (Å²) in [7, 11) is 0. The van der Waals surface area contributed by atoms with Crippen LogP contribution in [0.25, 0.3) is 23.0 Å². The molecule has 174 valence electrons. The Hall–Kier alpha value is -2.94. The van der Waals surface area contributed by atoms with Gasteiger partial charge >= 0.3 is 0 Å². The molecule has 5 rings (SSSR count). The Bertz CT molecular complexity index is 1230. The van der Waals surface area contributed by atoms with Crippen LogP contribution >= 0.6 is 24.0 Å². The summed E-state index contributed by atoms with van der Waals surface area (Å²) in [6.07, 6.45) is 5.88. The fourth-order valence-corrected chi connectivity index (χ4v) is 5.39. The molecule has 34 heavy (non-hydrogen) atoms. The zero-order chi connectivity index (χ0) is 23.5. The number of rotatable bonds is 7. The highest BCUT2D eigenvalue weighted by atomic mass is 32.2. The molecule has 1 aromatic heterocycles. The molecule has 1 amide bonds. The molecule has 6 nitrogen and oxygen atoms in total. The molecule has 2 saturated heterocycles. The van der Waals surface area contributed by atoms with E-state index in [1.165, 1.54) is 11.8 Å². The predicted molar refractivity (Wildman–Crippen MR) is 139 cm³/mol. The number of carbonyl (C=O) groups is 1. The summed E-state index contributed by atoms with van der Waals surface area (Å²) >= 11 is 6.87. The minimum absolute atomic E-state index is 0.0551. The number of aromatic nitrogens is 2. The van der Waals surface area contributed by atoms with Crippen molar-refractivity contribution < 1.29 is 14.3 Å². The van der Waals surface area contributed by atoms with Gasteiger partial charge in [0.15, 0.2) is 0 Å². The van der Waals surface area contributed by atoms with Gasteiger partial charge in [-0.1, -0.05) is 54.3 Å². The quantitative estimate of drug-likeness (QED) is 0.329. The molecule has 0 radical (unpaired) electrons. The first-order valence-corrected chi connectivity index (χ1v) is 12.6. The van der Waals surface area contributed by atoms with E-state index in [1.54, 1.807) is 4.90 Å². The fourth-order valence-electron chi connectivity index (χ4n) is 4.12. The van der Waals surface area contributed by atoms with Gasteiger partial charge in [-0.15, -0.1) is 0 Å². The van der Waals surface area contributed by atoms with Crippen LogP contribution in [0.15, 0.2) is 65.7 Å². The van der Waals surface area contributed by atoms with E-state index in [1.807, 2.05) is 78.5 Å². The van der Waals surface area contributed by atoms with Crippen LogP contribution in [0.4, 0.5) is 0 Å². The maximum absolute atomic E-state index is 13.2. The predicted octanol–water partition coefficient (Wildman–Crippen LogP) is 5.32. The van der Waals surface area contributed by atoms with Gasteiger partial charge in [0.2, 0.25) is 0 Å². The van der Waals surface area contributed by atoms with Crippen molar-refractivity contribution in [1.82, 2.24) is 14.7 Å². The highest BCUT2D eigenvalue weighted by Crippen LogP contribution is 2.36. The van der Waals surface area contributed by atoms with E-state index in [4.69, 9.17) is 26.8 Å². The molecular weight excluding hydrogens is 466 g/mol. The van der Waals surface area contributed by atoms with Gasteiger partial charge in [0.1, 0.15) is 15.8 Å². The number of ether oxygens (including phenoxy) is 2. The topological polar surface area (TPSA) is 56.6 Å². The second-order valence-electron chi connectivity index (χ2n) is 8.10. The molecule has 1 atom stereocenters. The summed E-state index contributed by atoms with van der Waals surface area (Å²) in [5.41, 5.74) is 3.47. The SMILES string of the molecule is CCOc1cccc(-c2nn(-c3ccccc3)cc2/C=C2\SC(=S)N(C[C@H]3CCCO3)C2=O)c1. The lowest BCUT2D eigenvalue weighted by Gasteiger charge is -2.18. The molecule has 3 aromatic rings. The van der Waals surface area contributed by atoms with Gasteiger partial charge in [-0.05, 0) is 50.1 Å². The van der Waals surface area contributed by atoms with Crippen molar-refractivity contribution >= 4 is 40.3 Å². The summed E-state index contributed by atoms with van der Waals surface area (Å²) < 4.78 is 13.8. The van der Waals surface area contributed by atoms with Crippen LogP contribution < -0.4 is 4.74 Å². The molecule has 0 spiro atoms. The van der Waals surface area contributed by atoms with Gasteiger partial charge in [-0.3, -0.25) is 9.69 Å². The van der Waals surface area contributed by atoms with Crippen molar-refractivity contribution in [2.75, 3.05) is 19.8 Å². The minimum atomic E-state index is -0.0769. The largest absolute Gasteiger partial charge is 0.494 e. The average molecular weight is 492 g/mol. The Balaban J connectivity index is 1.52. The summed E-state index contributed by atoms with van der Waals surface area (Å²) in [6, 6.07) is 17.8. The van der Waals surface area contributed by atoms with E-state index in [9.17, 15) is 4.79 Å². The summed E-state index contributed by atoms with van der Waals surface area (Å²) in [5.74, 6) is 0.704. The monoisotopic (exact) mass is 491 g/mol. The lowest BCUT2D eigenvalue weighted by molar-refractivity contribution is -0.123. The summed E-state index contributed by atoms with van der Waals surface area (Å²) in [5, 5.41) is 4.87. The third-order valence-electron chi connectivity index (χ3n) is 5.75. The van der Waals surface area contributed by atoms with Crippen LogP contribution in [0.2, 0.25) is 0 Å². The first kappa shape index (κ1) is 22.8. The Kier molecular flexibility index (Phi) is 6.80. The van der Waals surface area contributed by atoms with Gasteiger partial charge in [-0.25, -0.2) is 4.68 Å². The van der Waals surface area contributed by atoms with Gasteiger partial charge in [0, 0.05) is 23.9 Å². The third-order valence-corrected chi connectivity index (χ3v) is 7.13. The van der Waals surface area contributed by atoms with Crippen molar-refractivity contribution in [3.8, 4) is 22.7 Å². The number of hydrogen-bond acceptors (Lipinski definition) is 6.